The predicted molar refractivity (Wildman–Crippen MR) is 129 cm³/mol. The van der Waals surface area contributed by atoms with Crippen molar-refractivity contribution in [1.29, 1.82) is 0 Å². The number of carbonyl (C=O) groups is 1. The first-order chi connectivity index (χ1) is 16.1. The van der Waals surface area contributed by atoms with E-state index >= 15 is 0 Å². The minimum Gasteiger partial charge on any atom is -0.497 e. The fourth-order valence-corrected chi connectivity index (χ4v) is 5.28. The number of benzene rings is 3. The van der Waals surface area contributed by atoms with E-state index in [-0.39, 0.29) is 17.1 Å². The lowest BCUT2D eigenvalue weighted by molar-refractivity contribution is 0.0976. The van der Waals surface area contributed by atoms with Crippen LogP contribution in [0.25, 0.3) is 0 Å². The minimum absolute atomic E-state index is 0.0473. The molecule has 0 aliphatic carbocycles. The second-order valence-electron chi connectivity index (χ2n) is 9.14. The average Bonchev–Trinajstić information content (AvgIpc) is 3.17. The molecule has 5 rings (SSSR count). The van der Waals surface area contributed by atoms with Crippen LogP contribution >= 0.6 is 0 Å². The number of halogens is 1. The molecule has 1 amide bonds. The molecule has 1 fully saturated rings. The van der Waals surface area contributed by atoms with Crippen molar-refractivity contribution < 1.29 is 13.9 Å². The second-order valence-corrected chi connectivity index (χ2v) is 9.14. The molecule has 1 saturated heterocycles. The molecular weight excluding hydrogens is 415 g/mol. The molecule has 0 unspecified atom stereocenters. The largest absolute Gasteiger partial charge is 0.497 e. The molecule has 0 aromatic heterocycles. The number of amides is 1. The number of fused-ring (bicyclic) bond motifs is 2. The summed E-state index contributed by atoms with van der Waals surface area (Å²) in [5, 5.41) is 0. The molecule has 0 bridgehead atoms. The van der Waals surface area contributed by atoms with Crippen LogP contribution in [0.2, 0.25) is 0 Å². The maximum absolute atomic E-state index is 14.3. The first kappa shape index (κ1) is 21.7. The summed E-state index contributed by atoms with van der Waals surface area (Å²) >= 11 is 0. The maximum atomic E-state index is 14.3. The van der Waals surface area contributed by atoms with Gasteiger partial charge in [0.2, 0.25) is 0 Å². The molecule has 0 atom stereocenters. The van der Waals surface area contributed by atoms with Crippen molar-refractivity contribution in [2.45, 2.75) is 24.7 Å². The standard InChI is InChI=1S/C28H29FN2O2/c1-33-24-10-7-22(8-11-24)27(32)31-20-28(25-19-23(29)9-12-26(25)31)14-17-30(18-15-28)16-13-21-5-3-2-4-6-21/h2-12,19H,13-18,20H2,1H3. The van der Waals surface area contributed by atoms with Gasteiger partial charge in [0.1, 0.15) is 11.6 Å². The molecule has 4 nitrogen and oxygen atoms in total. The summed E-state index contributed by atoms with van der Waals surface area (Å²) in [5.74, 6) is 0.432. The van der Waals surface area contributed by atoms with Gasteiger partial charge in [-0.1, -0.05) is 30.3 Å². The van der Waals surface area contributed by atoms with Crippen LogP contribution in [0.5, 0.6) is 5.75 Å². The van der Waals surface area contributed by atoms with E-state index in [0.717, 1.165) is 55.9 Å². The lowest BCUT2D eigenvalue weighted by atomic mass is 9.74. The highest BCUT2D eigenvalue weighted by molar-refractivity contribution is 6.07. The van der Waals surface area contributed by atoms with Crippen LogP contribution in [0.15, 0.2) is 72.8 Å². The Morgan fingerprint density at radius 3 is 2.42 bits per heavy atom. The van der Waals surface area contributed by atoms with Crippen molar-refractivity contribution >= 4 is 11.6 Å². The third kappa shape index (κ3) is 4.25. The Hall–Kier alpha value is -3.18. The van der Waals surface area contributed by atoms with Crippen LogP contribution in [0.3, 0.4) is 0 Å². The van der Waals surface area contributed by atoms with E-state index in [4.69, 9.17) is 4.74 Å². The zero-order valence-corrected chi connectivity index (χ0v) is 19.0. The topological polar surface area (TPSA) is 32.8 Å². The van der Waals surface area contributed by atoms with Gasteiger partial charge in [0.15, 0.2) is 0 Å². The summed E-state index contributed by atoms with van der Waals surface area (Å²) < 4.78 is 19.5. The summed E-state index contributed by atoms with van der Waals surface area (Å²) in [6.45, 7) is 3.52. The number of rotatable bonds is 5. The molecule has 170 valence electrons. The first-order valence-corrected chi connectivity index (χ1v) is 11.6. The lowest BCUT2D eigenvalue weighted by Gasteiger charge is -2.40. The number of anilines is 1. The van der Waals surface area contributed by atoms with E-state index < -0.39 is 0 Å². The number of hydrogen-bond acceptors (Lipinski definition) is 3. The molecule has 0 radical (unpaired) electrons. The normalized spacial score (nSPS) is 17.2. The third-order valence-corrected chi connectivity index (χ3v) is 7.24. The third-order valence-electron chi connectivity index (χ3n) is 7.24. The molecule has 2 aliphatic heterocycles. The molecule has 2 heterocycles. The molecule has 0 saturated carbocycles. The Bertz CT molecular complexity index is 1120. The number of piperidine rings is 1. The van der Waals surface area contributed by atoms with Crippen molar-refractivity contribution in [3.8, 4) is 5.75 Å². The predicted octanol–water partition coefficient (Wildman–Crippen LogP) is 5.07. The highest BCUT2D eigenvalue weighted by Gasteiger charge is 2.46. The highest BCUT2D eigenvalue weighted by atomic mass is 19.1. The summed E-state index contributed by atoms with van der Waals surface area (Å²) in [4.78, 5) is 17.8. The molecule has 5 heteroatoms. The van der Waals surface area contributed by atoms with Gasteiger partial charge in [-0.05, 0) is 85.9 Å². The number of likely N-dealkylation sites (tertiary alicyclic amines) is 1. The molecule has 33 heavy (non-hydrogen) atoms. The Balaban J connectivity index is 1.33. The maximum Gasteiger partial charge on any atom is 0.258 e. The Kier molecular flexibility index (Phi) is 5.90. The van der Waals surface area contributed by atoms with Gasteiger partial charge >= 0.3 is 0 Å². The van der Waals surface area contributed by atoms with Crippen molar-refractivity contribution in [3.05, 3.63) is 95.3 Å². The average molecular weight is 445 g/mol. The van der Waals surface area contributed by atoms with Crippen molar-refractivity contribution in [2.75, 3.05) is 38.2 Å². The van der Waals surface area contributed by atoms with Gasteiger partial charge in [-0.3, -0.25) is 4.79 Å². The molecular formula is C28H29FN2O2. The van der Waals surface area contributed by atoms with Crippen molar-refractivity contribution in [3.63, 3.8) is 0 Å². The van der Waals surface area contributed by atoms with E-state index in [2.05, 4.69) is 29.2 Å². The fourth-order valence-electron chi connectivity index (χ4n) is 5.28. The van der Waals surface area contributed by atoms with Gasteiger partial charge in [0.25, 0.3) is 5.91 Å². The summed E-state index contributed by atoms with van der Waals surface area (Å²) in [7, 11) is 1.61. The van der Waals surface area contributed by atoms with Crippen LogP contribution in [0, 0.1) is 5.82 Å². The van der Waals surface area contributed by atoms with Crippen LogP contribution in [0.4, 0.5) is 10.1 Å². The van der Waals surface area contributed by atoms with Gasteiger partial charge in [-0.15, -0.1) is 0 Å². The van der Waals surface area contributed by atoms with Crippen LogP contribution in [-0.2, 0) is 11.8 Å². The highest BCUT2D eigenvalue weighted by Crippen LogP contribution is 2.47. The number of methoxy groups -OCH3 is 1. The molecule has 3 aromatic carbocycles. The van der Waals surface area contributed by atoms with Gasteiger partial charge < -0.3 is 14.5 Å². The second kappa shape index (κ2) is 8.99. The lowest BCUT2D eigenvalue weighted by Crippen LogP contribution is -2.46. The number of carbonyl (C=O) groups excluding carboxylic acids is 1. The number of nitrogens with zero attached hydrogens (tertiary/aromatic N) is 2. The molecule has 3 aromatic rings. The molecule has 2 aliphatic rings. The smallest absolute Gasteiger partial charge is 0.258 e. The van der Waals surface area contributed by atoms with Crippen LogP contribution < -0.4 is 9.64 Å². The minimum atomic E-state index is -0.238. The first-order valence-electron chi connectivity index (χ1n) is 11.6. The van der Waals surface area contributed by atoms with Crippen molar-refractivity contribution in [1.82, 2.24) is 4.90 Å². The van der Waals surface area contributed by atoms with Crippen LogP contribution in [0.1, 0.15) is 34.3 Å². The monoisotopic (exact) mass is 444 g/mol. The summed E-state index contributed by atoms with van der Waals surface area (Å²) in [5.41, 5.74) is 3.59. The fraction of sp³-hybridized carbons (Fsp3) is 0.321. The molecule has 0 N–H and O–H groups in total. The van der Waals surface area contributed by atoms with E-state index in [1.54, 1.807) is 43.5 Å². The van der Waals surface area contributed by atoms with E-state index in [0.29, 0.717) is 12.1 Å². The van der Waals surface area contributed by atoms with Gasteiger partial charge in [-0.25, -0.2) is 4.39 Å². The Morgan fingerprint density at radius 2 is 1.73 bits per heavy atom. The van der Waals surface area contributed by atoms with E-state index in [1.807, 2.05) is 11.0 Å². The van der Waals surface area contributed by atoms with Gasteiger partial charge in [0, 0.05) is 29.8 Å². The zero-order valence-electron chi connectivity index (χ0n) is 19.0. The number of hydrogen-bond donors (Lipinski definition) is 0. The number of ether oxygens (including phenoxy) is 1. The SMILES string of the molecule is COc1ccc(C(=O)N2CC3(CCN(CCc4ccccc4)CC3)c3cc(F)ccc32)cc1. The van der Waals surface area contributed by atoms with Crippen molar-refractivity contribution in [2.24, 2.45) is 0 Å². The molecule has 1 spiro atoms. The zero-order chi connectivity index (χ0) is 22.8. The Labute approximate surface area is 194 Å². The Morgan fingerprint density at radius 1 is 1.00 bits per heavy atom. The quantitative estimate of drug-likeness (QED) is 0.551. The van der Waals surface area contributed by atoms with Gasteiger partial charge in [0.05, 0.1) is 7.11 Å². The van der Waals surface area contributed by atoms with E-state index in [9.17, 15) is 9.18 Å². The van der Waals surface area contributed by atoms with Gasteiger partial charge in [-0.2, -0.15) is 0 Å². The summed E-state index contributed by atoms with van der Waals surface area (Å²) in [6.07, 6.45) is 2.87. The van der Waals surface area contributed by atoms with Crippen LogP contribution in [-0.4, -0.2) is 44.1 Å². The van der Waals surface area contributed by atoms with E-state index in [1.165, 1.54) is 11.6 Å². The summed E-state index contributed by atoms with van der Waals surface area (Å²) in [6, 6.07) is 22.6.